The van der Waals surface area contributed by atoms with Gasteiger partial charge in [-0.3, -0.25) is 34.3 Å². The number of non-ortho nitro benzene ring substituents is 1. The summed E-state index contributed by atoms with van der Waals surface area (Å²) in [4.78, 5) is 81.8. The van der Waals surface area contributed by atoms with Crippen LogP contribution in [0.1, 0.15) is 62.7 Å². The predicted molar refractivity (Wildman–Crippen MR) is 287 cm³/mol. The number of nitro groups is 1. The Morgan fingerprint density at radius 3 is 2.08 bits per heavy atom. The minimum atomic E-state index is -2.11. The number of amides is 3. The van der Waals surface area contributed by atoms with E-state index in [0.717, 1.165) is 16.0 Å². The summed E-state index contributed by atoms with van der Waals surface area (Å²) >= 11 is 0. The van der Waals surface area contributed by atoms with Gasteiger partial charge in [0.2, 0.25) is 18.6 Å². The molecule has 396 valence electrons. The van der Waals surface area contributed by atoms with Crippen molar-refractivity contribution in [3.05, 3.63) is 224 Å². The summed E-state index contributed by atoms with van der Waals surface area (Å²) in [5, 5.41) is 22.4. The van der Waals surface area contributed by atoms with E-state index in [4.69, 9.17) is 23.7 Å². The van der Waals surface area contributed by atoms with Gasteiger partial charge >= 0.3 is 12.1 Å². The van der Waals surface area contributed by atoms with Crippen molar-refractivity contribution >= 4 is 35.3 Å². The molecular formula is C62H51N5O12. The monoisotopic (exact) mass is 1060 g/mol. The maximum absolute atomic E-state index is 16.8. The Hall–Kier alpha value is -9.50. The number of fused-ring (bicyclic) bond motifs is 4. The van der Waals surface area contributed by atoms with Crippen molar-refractivity contribution in [3.63, 3.8) is 0 Å². The Bertz CT molecular complexity index is 3560. The van der Waals surface area contributed by atoms with Crippen LogP contribution in [0.3, 0.4) is 0 Å². The average Bonchev–Trinajstić information content (AvgIpc) is 3.35. The number of hydrogen-bond acceptors (Lipinski definition) is 14. The number of phenolic OH excluding ortho intramolecular Hbond substituents is 1. The van der Waals surface area contributed by atoms with Gasteiger partial charge in [0.25, 0.3) is 5.69 Å². The molecule has 17 heteroatoms. The van der Waals surface area contributed by atoms with Crippen molar-refractivity contribution in [3.8, 4) is 34.8 Å². The highest BCUT2D eigenvalue weighted by Crippen LogP contribution is 2.66. The maximum atomic E-state index is 16.8. The summed E-state index contributed by atoms with van der Waals surface area (Å²) in [6, 6.07) is 45.1. The first-order chi connectivity index (χ1) is 38.5. The van der Waals surface area contributed by atoms with E-state index < -0.39 is 64.4 Å². The third-order valence-corrected chi connectivity index (χ3v) is 15.6. The molecule has 17 nitrogen and oxygen atoms in total. The smallest absolute Gasteiger partial charge is 0.421 e. The van der Waals surface area contributed by atoms with E-state index in [1.807, 2.05) is 95.9 Å². The number of carbonyl (C=O) groups is 4. The zero-order chi connectivity index (χ0) is 54.4. The first-order valence-electron chi connectivity index (χ1n) is 25.8. The zero-order valence-electron chi connectivity index (χ0n) is 42.7. The number of esters is 1. The first kappa shape index (κ1) is 50.3. The van der Waals surface area contributed by atoms with Crippen LogP contribution in [0, 0.1) is 27.9 Å². The first-order valence-corrected chi connectivity index (χ1v) is 25.8. The number of methoxy groups -OCH3 is 1. The Morgan fingerprint density at radius 2 is 1.38 bits per heavy atom. The van der Waals surface area contributed by atoms with Crippen molar-refractivity contribution in [1.29, 1.82) is 0 Å². The van der Waals surface area contributed by atoms with Crippen LogP contribution in [0.15, 0.2) is 170 Å². The number of ether oxygens (including phenoxy) is 5. The minimum absolute atomic E-state index is 0.0656. The van der Waals surface area contributed by atoms with Crippen molar-refractivity contribution in [1.82, 2.24) is 14.7 Å². The highest BCUT2D eigenvalue weighted by Gasteiger charge is 2.76. The molecule has 5 aliphatic heterocycles. The Labute approximate surface area is 454 Å². The normalized spacial score (nSPS) is 22.1. The van der Waals surface area contributed by atoms with Crippen LogP contribution in [0.4, 0.5) is 16.2 Å². The molecule has 5 aliphatic rings. The molecule has 0 aromatic heterocycles. The Kier molecular flexibility index (Phi) is 13.2. The van der Waals surface area contributed by atoms with Crippen LogP contribution < -0.4 is 19.1 Å². The molecule has 12 rings (SSSR count). The molecule has 79 heavy (non-hydrogen) atoms. The summed E-state index contributed by atoms with van der Waals surface area (Å²) in [5.41, 5.74) is 2.44. The minimum Gasteiger partial charge on any atom is -0.508 e. The van der Waals surface area contributed by atoms with E-state index in [-0.39, 0.29) is 49.2 Å². The molecule has 6 unspecified atom stereocenters. The van der Waals surface area contributed by atoms with E-state index in [1.54, 1.807) is 54.5 Å². The molecular weight excluding hydrogens is 1010 g/mol. The number of phenols is 1. The number of piperazine rings is 1. The van der Waals surface area contributed by atoms with Gasteiger partial charge in [-0.25, -0.2) is 9.69 Å². The molecule has 3 fully saturated rings. The molecule has 0 aliphatic carbocycles. The third kappa shape index (κ3) is 9.10. The second-order valence-corrected chi connectivity index (χ2v) is 20.0. The number of aromatic hydroxyl groups is 1. The third-order valence-electron chi connectivity index (χ3n) is 15.6. The van der Waals surface area contributed by atoms with E-state index >= 15 is 19.2 Å². The van der Waals surface area contributed by atoms with Gasteiger partial charge in [-0.15, -0.1) is 0 Å². The van der Waals surface area contributed by atoms with E-state index in [0.29, 0.717) is 64.7 Å². The molecule has 3 amide bonds. The summed E-state index contributed by atoms with van der Waals surface area (Å²) in [7, 11) is 1.57. The number of hydrogen-bond donors (Lipinski definition) is 1. The largest absolute Gasteiger partial charge is 0.508 e. The molecule has 7 aromatic rings. The topological polar surface area (TPSA) is 191 Å². The highest BCUT2D eigenvalue weighted by molar-refractivity contribution is 6.23. The fraction of sp³-hybridized carbons (Fsp3) is 0.226. The number of carbonyl (C=O) groups excluding carboxylic acids is 4. The number of rotatable bonds is 10. The van der Waals surface area contributed by atoms with E-state index in [1.165, 1.54) is 36.4 Å². The highest BCUT2D eigenvalue weighted by atomic mass is 16.7. The van der Waals surface area contributed by atoms with Crippen LogP contribution in [0.2, 0.25) is 0 Å². The fourth-order valence-corrected chi connectivity index (χ4v) is 12.0. The van der Waals surface area contributed by atoms with Crippen molar-refractivity contribution < 1.29 is 52.9 Å². The second-order valence-electron chi connectivity index (χ2n) is 20.0. The molecule has 6 atom stereocenters. The number of cyclic esters (lactones) is 1. The van der Waals surface area contributed by atoms with Crippen LogP contribution in [0.5, 0.6) is 23.0 Å². The standard InChI is InChI=1S/C62H51N5O12/c1-75-48-26-16-39(17-27-48)12-13-40-18-28-50-49(34-40)62(60(71)65(50)61(72)76-37-41-14-22-46(23-15-41)67(73)74)53(58(69)64-32-30-63(31-33-64)36-42-19-29-51-52(35-42)78-38-77-51)55-59(70)79-56(44-10-6-3-7-11-44)54(43-8-4-2-5-9-43)66(55)57(62)45-20-24-47(68)25-21-45/h2-11,14-29,34-35,53-57,68H,30-33,36-38H2,1H3. The van der Waals surface area contributed by atoms with Gasteiger partial charge in [-0.1, -0.05) is 90.7 Å². The lowest BCUT2D eigenvalue weighted by molar-refractivity contribution is -0.384. The van der Waals surface area contributed by atoms with Crippen molar-refractivity contribution in [2.24, 2.45) is 5.92 Å². The van der Waals surface area contributed by atoms with Gasteiger partial charge in [-0.05, 0) is 112 Å². The molecule has 7 aromatic carbocycles. The molecule has 0 saturated carbocycles. The zero-order valence-corrected chi connectivity index (χ0v) is 42.7. The SMILES string of the molecule is COc1ccc(C#Cc2ccc3c(c2)C2(C(=O)N3C(=O)OCc3ccc([N+](=O)[O-])cc3)C(C(=O)N3CCN(Cc4ccc5c(c4)OCO5)CC3)C3C(=O)OC(c4ccccc4)C(c4ccccc4)N3C2c2ccc(O)cc2)cc1. The average molecular weight is 1060 g/mol. The number of nitro benzene ring substituents is 1. The molecule has 0 bridgehead atoms. The summed E-state index contributed by atoms with van der Waals surface area (Å²) < 4.78 is 29.2. The predicted octanol–water partition coefficient (Wildman–Crippen LogP) is 8.78. The lowest BCUT2D eigenvalue weighted by atomic mass is 9.65. The van der Waals surface area contributed by atoms with Gasteiger partial charge in [0, 0.05) is 56.0 Å². The van der Waals surface area contributed by atoms with E-state index in [2.05, 4.69) is 16.7 Å². The molecule has 1 N–H and O–H groups in total. The van der Waals surface area contributed by atoms with Crippen molar-refractivity contribution in [2.45, 2.75) is 42.8 Å². The van der Waals surface area contributed by atoms with Gasteiger partial charge in [0.05, 0.1) is 35.7 Å². The second kappa shape index (κ2) is 20.8. The molecule has 1 spiro atoms. The summed E-state index contributed by atoms with van der Waals surface area (Å²) in [5.74, 6) is 4.75. The number of imide groups is 1. The molecule has 3 saturated heterocycles. The number of nitrogens with zero attached hydrogens (tertiary/aromatic N) is 5. The van der Waals surface area contributed by atoms with Gasteiger partial charge < -0.3 is 33.7 Å². The van der Waals surface area contributed by atoms with Crippen molar-refractivity contribution in [2.75, 3.05) is 45.0 Å². The van der Waals surface area contributed by atoms with E-state index in [9.17, 15) is 15.2 Å². The number of benzene rings is 7. The number of anilines is 1. The van der Waals surface area contributed by atoms with Crippen LogP contribution in [0.25, 0.3) is 0 Å². The number of morpholine rings is 1. The van der Waals surface area contributed by atoms with Gasteiger partial charge in [-0.2, -0.15) is 0 Å². The summed E-state index contributed by atoms with van der Waals surface area (Å²) in [6.07, 6.45) is -2.04. The lowest BCUT2D eigenvalue weighted by Crippen LogP contribution is -2.59. The van der Waals surface area contributed by atoms with Crippen LogP contribution in [-0.2, 0) is 42.4 Å². The molecule has 5 heterocycles. The van der Waals surface area contributed by atoms with Crippen LogP contribution >= 0.6 is 0 Å². The Morgan fingerprint density at radius 1 is 0.722 bits per heavy atom. The quantitative estimate of drug-likeness (QED) is 0.0592. The van der Waals surface area contributed by atoms with Crippen LogP contribution in [-0.4, -0.2) is 94.7 Å². The Balaban J connectivity index is 1.04. The molecule has 0 radical (unpaired) electrons. The van der Waals surface area contributed by atoms with Gasteiger partial charge in [0.15, 0.2) is 11.5 Å². The fourth-order valence-electron chi connectivity index (χ4n) is 12.0. The maximum Gasteiger partial charge on any atom is 0.421 e. The lowest BCUT2D eigenvalue weighted by Gasteiger charge is -2.46. The summed E-state index contributed by atoms with van der Waals surface area (Å²) in [6.45, 7) is 1.68. The van der Waals surface area contributed by atoms with Gasteiger partial charge in [0.1, 0.15) is 35.7 Å².